The van der Waals surface area contributed by atoms with Gasteiger partial charge in [0, 0.05) is 24.2 Å². The highest BCUT2D eigenvalue weighted by Gasteiger charge is 2.36. The van der Waals surface area contributed by atoms with Gasteiger partial charge in [0.2, 0.25) is 0 Å². The molecule has 0 spiro atoms. The number of hydrogen-bond donors (Lipinski definition) is 2. The SMILES string of the molecule is CC(C)NC(=O)NC1CC2CCCC(C1)N2C. The number of hydrogen-bond acceptors (Lipinski definition) is 2. The van der Waals surface area contributed by atoms with E-state index in [1.807, 2.05) is 13.8 Å². The number of urea groups is 1. The van der Waals surface area contributed by atoms with Crippen molar-refractivity contribution < 1.29 is 4.79 Å². The topological polar surface area (TPSA) is 44.4 Å². The van der Waals surface area contributed by atoms with Crippen LogP contribution >= 0.6 is 0 Å². The summed E-state index contributed by atoms with van der Waals surface area (Å²) in [6.45, 7) is 3.98. The first kappa shape index (κ1) is 12.7. The molecular weight excluding hydrogens is 214 g/mol. The molecule has 0 aromatic rings. The third-order valence-electron chi connectivity index (χ3n) is 4.09. The van der Waals surface area contributed by atoms with Crippen molar-refractivity contribution in [1.29, 1.82) is 0 Å². The average molecular weight is 239 g/mol. The first-order valence-electron chi connectivity index (χ1n) is 6.85. The van der Waals surface area contributed by atoms with Gasteiger partial charge >= 0.3 is 6.03 Å². The summed E-state index contributed by atoms with van der Waals surface area (Å²) in [6, 6.07) is 1.91. The molecular formula is C13H25N3O. The second-order valence-corrected chi connectivity index (χ2v) is 5.84. The molecule has 2 aliphatic heterocycles. The van der Waals surface area contributed by atoms with Crippen molar-refractivity contribution in [2.45, 2.75) is 70.1 Å². The summed E-state index contributed by atoms with van der Waals surface area (Å²) in [6.07, 6.45) is 6.15. The van der Waals surface area contributed by atoms with Gasteiger partial charge in [-0.05, 0) is 46.6 Å². The van der Waals surface area contributed by atoms with E-state index in [1.165, 1.54) is 19.3 Å². The highest BCUT2D eigenvalue weighted by Crippen LogP contribution is 2.32. The van der Waals surface area contributed by atoms with Gasteiger partial charge in [-0.1, -0.05) is 6.42 Å². The first-order valence-corrected chi connectivity index (χ1v) is 6.85. The Morgan fingerprint density at radius 2 is 1.82 bits per heavy atom. The van der Waals surface area contributed by atoms with Crippen LogP contribution in [0.25, 0.3) is 0 Å². The van der Waals surface area contributed by atoms with E-state index in [0.29, 0.717) is 18.1 Å². The van der Waals surface area contributed by atoms with Crippen molar-refractivity contribution in [2.75, 3.05) is 7.05 Å². The Morgan fingerprint density at radius 3 is 2.35 bits per heavy atom. The number of fused-ring (bicyclic) bond motifs is 2. The molecule has 0 saturated carbocycles. The summed E-state index contributed by atoms with van der Waals surface area (Å²) in [4.78, 5) is 14.2. The van der Waals surface area contributed by atoms with Gasteiger partial charge in [-0.3, -0.25) is 0 Å². The van der Waals surface area contributed by atoms with Crippen LogP contribution in [0.3, 0.4) is 0 Å². The maximum Gasteiger partial charge on any atom is 0.315 e. The van der Waals surface area contributed by atoms with E-state index in [2.05, 4.69) is 22.6 Å². The highest BCUT2D eigenvalue weighted by atomic mass is 16.2. The predicted molar refractivity (Wildman–Crippen MR) is 69.0 cm³/mol. The minimum absolute atomic E-state index is 0.00683. The Kier molecular flexibility index (Phi) is 3.92. The maximum absolute atomic E-state index is 11.7. The summed E-state index contributed by atoms with van der Waals surface area (Å²) in [5, 5.41) is 6.03. The maximum atomic E-state index is 11.7. The second kappa shape index (κ2) is 5.25. The minimum atomic E-state index is -0.00683. The molecule has 0 aliphatic carbocycles. The lowest BCUT2D eigenvalue weighted by molar-refractivity contribution is 0.0508. The van der Waals surface area contributed by atoms with Gasteiger partial charge in [0.05, 0.1) is 0 Å². The number of nitrogens with one attached hydrogen (secondary N) is 2. The number of piperidine rings is 2. The van der Waals surface area contributed by atoms with Crippen molar-refractivity contribution in [3.63, 3.8) is 0 Å². The van der Waals surface area contributed by atoms with Crippen molar-refractivity contribution in [2.24, 2.45) is 0 Å². The molecule has 2 rings (SSSR count). The normalized spacial score (nSPS) is 33.5. The molecule has 2 amide bonds. The van der Waals surface area contributed by atoms with Crippen molar-refractivity contribution in [1.82, 2.24) is 15.5 Å². The van der Waals surface area contributed by atoms with Gasteiger partial charge in [0.15, 0.2) is 0 Å². The summed E-state index contributed by atoms with van der Waals surface area (Å²) >= 11 is 0. The Bertz CT molecular complexity index is 266. The molecule has 0 aromatic carbocycles. The lowest BCUT2D eigenvalue weighted by Gasteiger charge is -2.47. The van der Waals surface area contributed by atoms with Crippen LogP contribution < -0.4 is 10.6 Å². The average Bonchev–Trinajstić information content (AvgIpc) is 2.18. The molecule has 4 nitrogen and oxygen atoms in total. The Hall–Kier alpha value is -0.770. The van der Waals surface area contributed by atoms with E-state index in [4.69, 9.17) is 0 Å². The number of amides is 2. The number of carbonyl (C=O) groups is 1. The molecule has 2 N–H and O–H groups in total. The van der Waals surface area contributed by atoms with Crippen LogP contribution in [0.15, 0.2) is 0 Å². The van der Waals surface area contributed by atoms with Crippen molar-refractivity contribution in [3.8, 4) is 0 Å². The van der Waals surface area contributed by atoms with Crippen LogP contribution in [0.4, 0.5) is 4.79 Å². The quantitative estimate of drug-likeness (QED) is 0.770. The second-order valence-electron chi connectivity index (χ2n) is 5.84. The Labute approximate surface area is 104 Å². The van der Waals surface area contributed by atoms with Gasteiger partial charge in [-0.25, -0.2) is 4.79 Å². The van der Waals surface area contributed by atoms with Crippen LogP contribution in [0.1, 0.15) is 46.0 Å². The van der Waals surface area contributed by atoms with E-state index < -0.39 is 0 Å². The molecule has 2 bridgehead atoms. The van der Waals surface area contributed by atoms with Crippen LogP contribution in [0.5, 0.6) is 0 Å². The molecule has 17 heavy (non-hydrogen) atoms. The fourth-order valence-electron chi connectivity index (χ4n) is 3.22. The van der Waals surface area contributed by atoms with E-state index >= 15 is 0 Å². The van der Waals surface area contributed by atoms with Crippen LogP contribution in [-0.2, 0) is 0 Å². The summed E-state index contributed by atoms with van der Waals surface area (Å²) in [7, 11) is 2.24. The van der Waals surface area contributed by atoms with Crippen LogP contribution in [0, 0.1) is 0 Å². The third-order valence-corrected chi connectivity index (χ3v) is 4.09. The van der Waals surface area contributed by atoms with Crippen molar-refractivity contribution in [3.05, 3.63) is 0 Å². The largest absolute Gasteiger partial charge is 0.336 e. The summed E-state index contributed by atoms with van der Waals surface area (Å²) in [5.41, 5.74) is 0. The van der Waals surface area contributed by atoms with Crippen LogP contribution in [0.2, 0.25) is 0 Å². The monoisotopic (exact) mass is 239 g/mol. The number of carbonyl (C=O) groups excluding carboxylic acids is 1. The lowest BCUT2D eigenvalue weighted by atomic mass is 9.82. The summed E-state index contributed by atoms with van der Waals surface area (Å²) in [5.74, 6) is 0. The minimum Gasteiger partial charge on any atom is -0.336 e. The first-order chi connectivity index (χ1) is 8.06. The zero-order valence-corrected chi connectivity index (χ0v) is 11.2. The predicted octanol–water partition coefficient (Wildman–Crippen LogP) is 1.71. The molecule has 2 aliphatic rings. The molecule has 0 radical (unpaired) electrons. The van der Waals surface area contributed by atoms with Gasteiger partial charge < -0.3 is 15.5 Å². The standard InChI is InChI=1S/C13H25N3O/c1-9(2)14-13(17)15-10-7-11-5-4-6-12(8-10)16(11)3/h9-12H,4-8H2,1-3H3,(H2,14,15,17). The third kappa shape index (κ3) is 3.12. The van der Waals surface area contributed by atoms with Crippen LogP contribution in [-0.4, -0.2) is 42.1 Å². The fourth-order valence-corrected chi connectivity index (χ4v) is 3.22. The molecule has 2 fully saturated rings. The smallest absolute Gasteiger partial charge is 0.315 e. The van der Waals surface area contributed by atoms with Crippen molar-refractivity contribution >= 4 is 6.03 Å². The summed E-state index contributed by atoms with van der Waals surface area (Å²) < 4.78 is 0. The molecule has 2 heterocycles. The van der Waals surface area contributed by atoms with E-state index in [1.54, 1.807) is 0 Å². The number of nitrogens with zero attached hydrogens (tertiary/aromatic N) is 1. The van der Waals surface area contributed by atoms with E-state index in [9.17, 15) is 4.79 Å². The van der Waals surface area contributed by atoms with E-state index in [-0.39, 0.29) is 12.1 Å². The molecule has 2 saturated heterocycles. The fraction of sp³-hybridized carbons (Fsp3) is 0.923. The zero-order valence-electron chi connectivity index (χ0n) is 11.2. The molecule has 2 unspecified atom stereocenters. The Morgan fingerprint density at radius 1 is 1.24 bits per heavy atom. The molecule has 4 heteroatoms. The molecule has 0 aromatic heterocycles. The van der Waals surface area contributed by atoms with Gasteiger partial charge in [-0.2, -0.15) is 0 Å². The molecule has 2 atom stereocenters. The Balaban J connectivity index is 1.85. The molecule has 98 valence electrons. The highest BCUT2D eigenvalue weighted by molar-refractivity contribution is 5.74. The van der Waals surface area contributed by atoms with E-state index in [0.717, 1.165) is 12.8 Å². The lowest BCUT2D eigenvalue weighted by Crippen LogP contribution is -2.56. The van der Waals surface area contributed by atoms with Gasteiger partial charge in [0.1, 0.15) is 0 Å². The van der Waals surface area contributed by atoms with Gasteiger partial charge in [-0.15, -0.1) is 0 Å². The number of rotatable bonds is 2. The van der Waals surface area contributed by atoms with Gasteiger partial charge in [0.25, 0.3) is 0 Å². The zero-order chi connectivity index (χ0) is 12.4.